The molecular formula is C17H31ClN2O3Si. The molecule has 0 heterocycles. The van der Waals surface area contributed by atoms with Gasteiger partial charge in [0.05, 0.1) is 0 Å². The Morgan fingerprint density at radius 3 is 2.21 bits per heavy atom. The van der Waals surface area contributed by atoms with E-state index in [4.69, 9.17) is 19.0 Å². The third-order valence-electron chi connectivity index (χ3n) is 4.00. The normalized spacial score (nSPS) is 12.9. The third-order valence-corrected chi connectivity index (χ3v) is 6.83. The second-order valence-corrected chi connectivity index (χ2v) is 8.54. The molecular weight excluding hydrogens is 344 g/mol. The maximum absolute atomic E-state index is 5.84. The molecule has 1 aromatic carbocycles. The zero-order valence-corrected chi connectivity index (χ0v) is 16.9. The van der Waals surface area contributed by atoms with Crippen LogP contribution in [-0.2, 0) is 13.3 Å². The van der Waals surface area contributed by atoms with Gasteiger partial charge >= 0.3 is 8.80 Å². The predicted molar refractivity (Wildman–Crippen MR) is 104 cm³/mol. The molecule has 1 unspecified atom stereocenters. The molecule has 0 saturated carbocycles. The smallest absolute Gasteiger partial charge is 0.377 e. The summed E-state index contributed by atoms with van der Waals surface area (Å²) in [5.74, 6) is 0. The van der Waals surface area contributed by atoms with E-state index in [2.05, 4.69) is 36.2 Å². The van der Waals surface area contributed by atoms with Crippen LogP contribution in [0.2, 0.25) is 6.04 Å². The van der Waals surface area contributed by atoms with Crippen LogP contribution in [0.15, 0.2) is 36.5 Å². The van der Waals surface area contributed by atoms with Gasteiger partial charge in [-0.05, 0) is 31.2 Å². The molecule has 1 rings (SSSR count). The molecule has 0 aromatic heterocycles. The zero-order chi connectivity index (χ0) is 17.1. The van der Waals surface area contributed by atoms with E-state index in [1.54, 1.807) is 21.3 Å². The van der Waals surface area contributed by atoms with Gasteiger partial charge in [-0.25, -0.2) is 0 Å². The topological polar surface area (TPSA) is 57.0 Å². The molecule has 1 atom stereocenters. The fraction of sp³-hybridized carbons (Fsp3) is 0.529. The van der Waals surface area contributed by atoms with Gasteiger partial charge in [-0.15, -0.1) is 12.4 Å². The first kappa shape index (κ1) is 23.1. The monoisotopic (exact) mass is 374 g/mol. The van der Waals surface area contributed by atoms with Crippen molar-refractivity contribution >= 4 is 27.3 Å². The number of hydrogen-bond donors (Lipinski definition) is 1. The third kappa shape index (κ3) is 7.34. The minimum absolute atomic E-state index is 0. The van der Waals surface area contributed by atoms with Crippen molar-refractivity contribution in [2.45, 2.75) is 25.4 Å². The van der Waals surface area contributed by atoms with Gasteiger partial charge in [0, 0.05) is 46.5 Å². The van der Waals surface area contributed by atoms with E-state index in [-0.39, 0.29) is 18.4 Å². The van der Waals surface area contributed by atoms with Crippen LogP contribution in [0.25, 0.3) is 6.08 Å². The summed E-state index contributed by atoms with van der Waals surface area (Å²) < 4.78 is 16.4. The fourth-order valence-electron chi connectivity index (χ4n) is 2.36. The van der Waals surface area contributed by atoms with Crippen molar-refractivity contribution in [3.63, 3.8) is 0 Å². The summed E-state index contributed by atoms with van der Waals surface area (Å²) in [5.41, 5.74) is 7.01. The molecule has 0 aliphatic heterocycles. The van der Waals surface area contributed by atoms with Crippen LogP contribution in [-0.4, -0.2) is 54.2 Å². The summed E-state index contributed by atoms with van der Waals surface area (Å²) in [4.78, 5) is 2.26. The molecule has 0 fully saturated rings. The molecule has 2 N–H and O–H groups in total. The van der Waals surface area contributed by atoms with Crippen LogP contribution in [0.1, 0.15) is 18.9 Å². The van der Waals surface area contributed by atoms with Gasteiger partial charge in [0.25, 0.3) is 0 Å². The Balaban J connectivity index is 0.00000529. The maximum atomic E-state index is 5.84. The van der Waals surface area contributed by atoms with Crippen molar-refractivity contribution in [1.82, 2.24) is 4.90 Å². The van der Waals surface area contributed by atoms with E-state index in [0.29, 0.717) is 6.54 Å². The van der Waals surface area contributed by atoms with Gasteiger partial charge < -0.3 is 23.9 Å². The summed E-state index contributed by atoms with van der Waals surface area (Å²) in [6.07, 6.45) is 5.15. The minimum atomic E-state index is -2.50. The van der Waals surface area contributed by atoms with Gasteiger partial charge in [-0.2, -0.15) is 0 Å². The van der Waals surface area contributed by atoms with E-state index in [1.807, 2.05) is 18.2 Å². The van der Waals surface area contributed by atoms with Crippen molar-refractivity contribution in [3.05, 3.63) is 42.1 Å². The molecule has 24 heavy (non-hydrogen) atoms. The average Bonchev–Trinajstić information content (AvgIpc) is 2.62. The highest BCUT2D eigenvalue weighted by atomic mass is 35.5. The summed E-state index contributed by atoms with van der Waals surface area (Å²) in [6.45, 7) is 3.62. The van der Waals surface area contributed by atoms with E-state index in [9.17, 15) is 0 Å². The van der Waals surface area contributed by atoms with Gasteiger partial charge in [0.2, 0.25) is 0 Å². The van der Waals surface area contributed by atoms with Gasteiger partial charge in [-0.1, -0.05) is 30.3 Å². The van der Waals surface area contributed by atoms with Crippen LogP contribution in [0.3, 0.4) is 0 Å². The van der Waals surface area contributed by atoms with Crippen molar-refractivity contribution in [2.24, 2.45) is 5.73 Å². The number of nitrogens with zero attached hydrogens (tertiary/aromatic N) is 1. The van der Waals surface area contributed by atoms with Crippen LogP contribution in [0.4, 0.5) is 0 Å². The number of benzene rings is 1. The molecule has 0 spiro atoms. The number of hydrogen-bond acceptors (Lipinski definition) is 5. The van der Waals surface area contributed by atoms with Crippen LogP contribution in [0.5, 0.6) is 0 Å². The Labute approximate surface area is 153 Å². The molecule has 1 aromatic rings. The standard InChI is InChI=1S/C17H30N2O3Si.ClH/c1-16(15-18)19(13-11-17-9-6-5-7-10-17)12-8-14-23(20-2,21-3)22-4;/h5-7,9-11,13,16H,8,12,14-15,18H2,1-4H3;1H. The lowest BCUT2D eigenvalue weighted by Crippen LogP contribution is -2.43. The molecule has 0 amide bonds. The first-order chi connectivity index (χ1) is 11.1. The van der Waals surface area contributed by atoms with Crippen molar-refractivity contribution in [2.75, 3.05) is 34.4 Å². The van der Waals surface area contributed by atoms with Crippen molar-refractivity contribution in [3.8, 4) is 0 Å². The van der Waals surface area contributed by atoms with Gasteiger partial charge in [-0.3, -0.25) is 0 Å². The summed E-state index contributed by atoms with van der Waals surface area (Å²) in [7, 11) is 2.44. The highest BCUT2D eigenvalue weighted by Crippen LogP contribution is 2.16. The zero-order valence-electron chi connectivity index (χ0n) is 15.1. The molecule has 0 aliphatic rings. The van der Waals surface area contributed by atoms with E-state index in [0.717, 1.165) is 19.0 Å². The Bertz CT molecular complexity index is 450. The summed E-state index contributed by atoms with van der Waals surface area (Å²) >= 11 is 0. The van der Waals surface area contributed by atoms with Crippen LogP contribution < -0.4 is 5.73 Å². The second kappa shape index (κ2) is 12.5. The van der Waals surface area contributed by atoms with Crippen molar-refractivity contribution < 1.29 is 13.3 Å². The fourth-order valence-corrected chi connectivity index (χ4v) is 4.06. The maximum Gasteiger partial charge on any atom is 0.500 e. The number of nitrogens with two attached hydrogens (primary N) is 1. The molecule has 7 heteroatoms. The highest BCUT2D eigenvalue weighted by molar-refractivity contribution is 6.60. The molecule has 138 valence electrons. The van der Waals surface area contributed by atoms with E-state index in [1.165, 1.54) is 5.56 Å². The van der Waals surface area contributed by atoms with E-state index < -0.39 is 8.80 Å². The Morgan fingerprint density at radius 1 is 1.12 bits per heavy atom. The molecule has 0 saturated heterocycles. The SMILES string of the molecule is CO[Si](CCCN(C=Cc1ccccc1)C(C)CN)(OC)OC.Cl. The van der Waals surface area contributed by atoms with Gasteiger partial charge in [0.15, 0.2) is 0 Å². The Kier molecular flexibility index (Phi) is 12.0. The average molecular weight is 375 g/mol. The summed E-state index contributed by atoms with van der Waals surface area (Å²) in [6, 6.07) is 11.3. The predicted octanol–water partition coefficient (Wildman–Crippen LogP) is 3.00. The Hall–Kier alpha value is -0.893. The largest absolute Gasteiger partial charge is 0.500 e. The molecule has 0 radical (unpaired) electrons. The molecule has 0 aliphatic carbocycles. The Morgan fingerprint density at radius 2 is 1.71 bits per heavy atom. The van der Waals surface area contributed by atoms with Crippen LogP contribution >= 0.6 is 12.4 Å². The van der Waals surface area contributed by atoms with Crippen molar-refractivity contribution in [1.29, 1.82) is 0 Å². The number of rotatable bonds is 11. The first-order valence-electron chi connectivity index (χ1n) is 7.95. The van der Waals surface area contributed by atoms with Gasteiger partial charge in [0.1, 0.15) is 0 Å². The summed E-state index contributed by atoms with van der Waals surface area (Å²) in [5, 5.41) is 0. The minimum Gasteiger partial charge on any atom is -0.377 e. The number of halogens is 1. The molecule has 0 bridgehead atoms. The lowest BCUT2D eigenvalue weighted by molar-refractivity contribution is 0.121. The lowest BCUT2D eigenvalue weighted by atomic mass is 10.2. The first-order valence-corrected chi connectivity index (χ1v) is 9.88. The highest BCUT2D eigenvalue weighted by Gasteiger charge is 2.37. The second-order valence-electron chi connectivity index (χ2n) is 5.45. The quantitative estimate of drug-likeness (QED) is 0.603. The molecule has 5 nitrogen and oxygen atoms in total. The van der Waals surface area contributed by atoms with Crippen LogP contribution in [0, 0.1) is 0 Å². The lowest BCUT2D eigenvalue weighted by Gasteiger charge is -2.29. The van der Waals surface area contributed by atoms with E-state index >= 15 is 0 Å².